The molecule has 0 unspecified atom stereocenters. The lowest BCUT2D eigenvalue weighted by molar-refractivity contribution is -0.152. The van der Waals surface area contributed by atoms with Crippen molar-refractivity contribution in [2.45, 2.75) is 39.6 Å². The number of carbonyl (C=O) groups is 2. The normalized spacial score (nSPS) is 32.8. The Kier molecular flexibility index (Phi) is 5.42. The van der Waals surface area contributed by atoms with Gasteiger partial charge in [0, 0.05) is 19.6 Å². The summed E-state index contributed by atoms with van der Waals surface area (Å²) in [7, 11) is 0. The van der Waals surface area contributed by atoms with Crippen LogP contribution in [0.15, 0.2) is 85.1 Å². The van der Waals surface area contributed by atoms with Crippen LogP contribution < -0.4 is 0 Å². The summed E-state index contributed by atoms with van der Waals surface area (Å²) in [6.07, 6.45) is 0. The highest BCUT2D eigenvalue weighted by atomic mass is 32.2. The highest BCUT2D eigenvalue weighted by Crippen LogP contribution is 2.81. The maximum absolute atomic E-state index is 12.8. The van der Waals surface area contributed by atoms with Gasteiger partial charge < -0.3 is 10.2 Å². The lowest BCUT2D eigenvalue weighted by atomic mass is 9.70. The van der Waals surface area contributed by atoms with E-state index in [1.54, 1.807) is 70.6 Å². The van der Waals surface area contributed by atoms with Crippen molar-refractivity contribution >= 4 is 106 Å². The minimum atomic E-state index is -1.40. The number of fused-ring (bicyclic) bond motifs is 6. The van der Waals surface area contributed by atoms with Gasteiger partial charge in [-0.3, -0.25) is 9.59 Å². The van der Waals surface area contributed by atoms with E-state index in [1.165, 1.54) is 43.1 Å². The number of hydrogen-bond donors (Lipinski definition) is 2. The largest absolute Gasteiger partial charge is 0.480 e. The second-order valence-electron chi connectivity index (χ2n) is 7.81. The highest BCUT2D eigenvalue weighted by molar-refractivity contribution is 8.35. The molecule has 0 aromatic heterocycles. The number of thioether (sulfide) groups is 8. The fourth-order valence-corrected chi connectivity index (χ4v) is 18.6. The molecule has 4 aliphatic heterocycles. The molecule has 0 radical (unpaired) electrons. The minimum Gasteiger partial charge on any atom is -0.480 e. The van der Waals surface area contributed by atoms with E-state index in [0.29, 0.717) is 0 Å². The summed E-state index contributed by atoms with van der Waals surface area (Å²) in [5.74, 6) is -2.05. The maximum atomic E-state index is 12.8. The number of benzene rings is 2. The zero-order valence-corrected chi connectivity index (χ0v) is 23.3. The van der Waals surface area contributed by atoms with Gasteiger partial charge in [-0.1, -0.05) is 94.8 Å². The van der Waals surface area contributed by atoms with Crippen LogP contribution in [0.5, 0.6) is 0 Å². The van der Waals surface area contributed by atoms with Crippen molar-refractivity contribution in [1.29, 1.82) is 0 Å². The Hall–Kier alpha value is -0.340. The van der Waals surface area contributed by atoms with Crippen LogP contribution in [0, 0.1) is 0 Å². The first-order valence-electron chi connectivity index (χ1n) is 10.00. The standard InChI is InChI=1S/C22H12O4S8/c23-19(24)21-13(31-17(33-21)15-27-9-5-1-2-6-10(9)28-15)14-22(21,20(25)26)34-18(32-14)16-29-11-7-3-4-8-12(11)30-16/h1-8,13-14H,(H,23,24)(H,25,26)/t13-,14+,21+,22-. The molecule has 0 bridgehead atoms. The lowest BCUT2D eigenvalue weighted by Gasteiger charge is -2.55. The highest BCUT2D eigenvalue weighted by Gasteiger charge is 2.86. The SMILES string of the molecule is O=C(O)[C@@]12SC(=C3Sc4ccccc4S3)S[C@@H]1[C@@H]1SC(=C3Sc4ccccc4S3)S[C@@]12C(=O)O. The third-order valence-corrected chi connectivity index (χ3v) is 19.4. The van der Waals surface area contributed by atoms with Gasteiger partial charge in [-0.25, -0.2) is 0 Å². The van der Waals surface area contributed by atoms with Gasteiger partial charge in [0.05, 0.1) is 27.4 Å². The number of hydrogen-bond acceptors (Lipinski definition) is 10. The zero-order chi connectivity index (χ0) is 23.2. The van der Waals surface area contributed by atoms with Gasteiger partial charge in [0.1, 0.15) is 0 Å². The maximum Gasteiger partial charge on any atom is 0.323 e. The fourth-order valence-electron chi connectivity index (χ4n) is 4.55. The van der Waals surface area contributed by atoms with E-state index in [2.05, 4.69) is 24.3 Å². The monoisotopic (exact) mass is 596 g/mol. The van der Waals surface area contributed by atoms with Crippen LogP contribution in [0.4, 0.5) is 0 Å². The summed E-state index contributed by atoms with van der Waals surface area (Å²) in [5, 5.41) is 20.4. The van der Waals surface area contributed by atoms with Crippen LogP contribution in [0.2, 0.25) is 0 Å². The van der Waals surface area contributed by atoms with Crippen LogP contribution in [-0.4, -0.2) is 42.1 Å². The molecule has 2 aromatic carbocycles. The lowest BCUT2D eigenvalue weighted by Crippen LogP contribution is -2.79. The number of carboxylic acids is 2. The Morgan fingerprint density at radius 3 is 1.21 bits per heavy atom. The van der Waals surface area contributed by atoms with E-state index < -0.39 is 21.4 Å². The Morgan fingerprint density at radius 2 is 0.912 bits per heavy atom. The Bertz CT molecular complexity index is 1210. The second kappa shape index (κ2) is 8.08. The van der Waals surface area contributed by atoms with Gasteiger partial charge in [0.25, 0.3) is 0 Å². The molecule has 2 saturated heterocycles. The molecule has 12 heteroatoms. The Balaban J connectivity index is 1.27. The van der Waals surface area contributed by atoms with Crippen LogP contribution in [0.3, 0.4) is 0 Å². The first-order valence-corrected chi connectivity index (χ1v) is 16.7. The van der Waals surface area contributed by atoms with Crippen molar-refractivity contribution in [3.8, 4) is 0 Å². The average Bonchev–Trinajstić information content (AvgIpc) is 3.57. The predicted octanol–water partition coefficient (Wildman–Crippen LogP) is 7.39. The molecule has 4 nitrogen and oxygen atoms in total. The summed E-state index contributed by atoms with van der Waals surface area (Å²) in [6.45, 7) is 0. The van der Waals surface area contributed by atoms with E-state index in [9.17, 15) is 19.8 Å². The number of carboxylic acid groups (broad SMARTS) is 2. The van der Waals surface area contributed by atoms with Gasteiger partial charge in [0.2, 0.25) is 0 Å². The number of rotatable bonds is 2. The van der Waals surface area contributed by atoms with Crippen molar-refractivity contribution < 1.29 is 19.8 Å². The summed E-state index contributed by atoms with van der Waals surface area (Å²) >= 11 is 12.3. The molecule has 0 spiro atoms. The first kappa shape index (κ1) is 22.8. The van der Waals surface area contributed by atoms with Crippen LogP contribution in [0.25, 0.3) is 0 Å². The molecule has 2 aromatic rings. The molecule has 1 aliphatic carbocycles. The van der Waals surface area contributed by atoms with Crippen molar-refractivity contribution in [2.75, 3.05) is 0 Å². The molecule has 34 heavy (non-hydrogen) atoms. The minimum absolute atomic E-state index is 0.298. The van der Waals surface area contributed by atoms with Gasteiger partial charge in [-0.2, -0.15) is 0 Å². The third kappa shape index (κ3) is 2.94. The third-order valence-electron chi connectivity index (χ3n) is 6.08. The Morgan fingerprint density at radius 1 is 0.588 bits per heavy atom. The molecule has 4 atom stereocenters. The summed E-state index contributed by atoms with van der Waals surface area (Å²) < 4.78 is 1.23. The smallest absolute Gasteiger partial charge is 0.323 e. The molecule has 0 amide bonds. The molecular weight excluding hydrogens is 585 g/mol. The van der Waals surface area contributed by atoms with Crippen LogP contribution >= 0.6 is 94.1 Å². The van der Waals surface area contributed by atoms with E-state index in [0.717, 1.165) is 16.9 Å². The second-order valence-corrected chi connectivity index (χ2v) is 17.9. The van der Waals surface area contributed by atoms with E-state index in [4.69, 9.17) is 0 Å². The van der Waals surface area contributed by atoms with Gasteiger partial charge in [-0.15, -0.1) is 23.5 Å². The van der Waals surface area contributed by atoms with E-state index >= 15 is 0 Å². The first-order chi connectivity index (χ1) is 16.4. The number of aliphatic carboxylic acids is 2. The van der Waals surface area contributed by atoms with E-state index in [1.807, 2.05) is 24.3 Å². The molecule has 172 valence electrons. The quantitative estimate of drug-likeness (QED) is 0.363. The van der Waals surface area contributed by atoms with Gasteiger partial charge in [0.15, 0.2) is 9.49 Å². The zero-order valence-electron chi connectivity index (χ0n) is 16.8. The van der Waals surface area contributed by atoms with Crippen molar-refractivity contribution in [1.82, 2.24) is 0 Å². The summed E-state index contributed by atoms with van der Waals surface area (Å²) in [6, 6.07) is 16.3. The topological polar surface area (TPSA) is 74.6 Å². The van der Waals surface area contributed by atoms with Gasteiger partial charge in [-0.05, 0) is 24.3 Å². The molecule has 4 heterocycles. The molecular formula is C22H12O4S8. The summed E-state index contributed by atoms with van der Waals surface area (Å²) in [4.78, 5) is 30.3. The van der Waals surface area contributed by atoms with E-state index in [-0.39, 0.29) is 10.5 Å². The van der Waals surface area contributed by atoms with Crippen LogP contribution in [0.1, 0.15) is 0 Å². The van der Waals surface area contributed by atoms with Crippen molar-refractivity contribution in [3.05, 3.63) is 65.5 Å². The van der Waals surface area contributed by atoms with Crippen molar-refractivity contribution in [3.63, 3.8) is 0 Å². The fraction of sp³-hybridized carbons (Fsp3) is 0.182. The summed E-state index contributed by atoms with van der Waals surface area (Å²) in [5.41, 5.74) is 0. The molecule has 5 aliphatic rings. The molecule has 7 rings (SSSR count). The Labute approximate surface area is 229 Å². The molecule has 1 saturated carbocycles. The predicted molar refractivity (Wildman–Crippen MR) is 149 cm³/mol. The molecule has 2 N–H and O–H groups in total. The van der Waals surface area contributed by atoms with Crippen molar-refractivity contribution in [2.24, 2.45) is 0 Å². The van der Waals surface area contributed by atoms with Crippen LogP contribution in [-0.2, 0) is 9.59 Å². The molecule has 3 fully saturated rings. The average molecular weight is 597 g/mol. The van der Waals surface area contributed by atoms with Gasteiger partial charge >= 0.3 is 11.9 Å².